The van der Waals surface area contributed by atoms with Gasteiger partial charge in [0.2, 0.25) is 0 Å². The molecule has 1 aromatic carbocycles. The number of hydrogen-bond acceptors (Lipinski definition) is 2. The molecule has 13 heavy (non-hydrogen) atoms. The number of halogens is 1. The van der Waals surface area contributed by atoms with Crippen LogP contribution >= 0.6 is 11.6 Å². The van der Waals surface area contributed by atoms with E-state index in [1.165, 1.54) is 6.08 Å². The summed E-state index contributed by atoms with van der Waals surface area (Å²) in [5.74, 6) is 0. The highest BCUT2D eigenvalue weighted by atomic mass is 35.5. The van der Waals surface area contributed by atoms with Crippen LogP contribution in [0.25, 0.3) is 6.08 Å². The Bertz CT molecular complexity index is 423. The number of benzene rings is 1. The molecular formula is C8H7ClO3S. The van der Waals surface area contributed by atoms with Crippen LogP contribution in [0.3, 0.4) is 0 Å². The molecule has 0 atom stereocenters. The lowest BCUT2D eigenvalue weighted by atomic mass is 10.2. The Morgan fingerprint density at radius 3 is 2.62 bits per heavy atom. The molecule has 0 spiro atoms. The maximum atomic E-state index is 10.3. The summed E-state index contributed by atoms with van der Waals surface area (Å²) >= 11 is 5.65. The fraction of sp³-hybridized carbons (Fsp3) is 0. The van der Waals surface area contributed by atoms with Gasteiger partial charge in [-0.2, -0.15) is 8.42 Å². The molecule has 0 fully saturated rings. The van der Waals surface area contributed by atoms with Crippen LogP contribution in [-0.2, 0) is 10.1 Å². The van der Waals surface area contributed by atoms with Gasteiger partial charge in [-0.3, -0.25) is 4.55 Å². The molecule has 1 aromatic rings. The minimum absolute atomic E-state index is 0.512. The molecule has 1 N–H and O–H groups in total. The Balaban J connectivity index is 2.93. The van der Waals surface area contributed by atoms with Gasteiger partial charge in [-0.15, -0.1) is 0 Å². The summed E-state index contributed by atoms with van der Waals surface area (Å²) in [6, 6.07) is 6.62. The summed E-state index contributed by atoms with van der Waals surface area (Å²) in [6.45, 7) is 0. The molecule has 0 aliphatic carbocycles. The van der Waals surface area contributed by atoms with Crippen molar-refractivity contribution in [2.75, 3.05) is 0 Å². The maximum Gasteiger partial charge on any atom is 0.287 e. The van der Waals surface area contributed by atoms with Crippen LogP contribution in [0.2, 0.25) is 5.02 Å². The molecule has 5 heteroatoms. The highest BCUT2D eigenvalue weighted by Gasteiger charge is 1.95. The Kier molecular flexibility index (Phi) is 3.08. The molecule has 0 bridgehead atoms. The zero-order valence-corrected chi connectivity index (χ0v) is 8.09. The molecule has 0 unspecified atom stereocenters. The van der Waals surface area contributed by atoms with Crippen LogP contribution in [0.15, 0.2) is 29.7 Å². The van der Waals surface area contributed by atoms with Crippen molar-refractivity contribution in [2.24, 2.45) is 0 Å². The van der Waals surface area contributed by atoms with E-state index in [1.54, 1.807) is 24.3 Å². The molecule has 0 saturated carbocycles. The van der Waals surface area contributed by atoms with Crippen molar-refractivity contribution >= 4 is 27.8 Å². The maximum absolute atomic E-state index is 10.3. The van der Waals surface area contributed by atoms with E-state index in [-0.39, 0.29) is 0 Å². The van der Waals surface area contributed by atoms with E-state index in [1.807, 2.05) is 0 Å². The third kappa shape index (κ3) is 4.07. The SMILES string of the molecule is O=S(=O)(O)/C=C/c1cccc(Cl)c1. The largest absolute Gasteiger partial charge is 0.287 e. The third-order valence-corrected chi connectivity index (χ3v) is 2.00. The van der Waals surface area contributed by atoms with Crippen LogP contribution in [0.4, 0.5) is 0 Å². The van der Waals surface area contributed by atoms with Crippen molar-refractivity contribution in [3.63, 3.8) is 0 Å². The molecule has 0 aliphatic rings. The normalized spacial score (nSPS) is 12.2. The minimum Gasteiger partial charge on any atom is -0.282 e. The summed E-state index contributed by atoms with van der Waals surface area (Å²) < 4.78 is 29.1. The van der Waals surface area contributed by atoms with Crippen molar-refractivity contribution in [3.05, 3.63) is 40.3 Å². The zero-order valence-electron chi connectivity index (χ0n) is 6.51. The molecule has 0 amide bonds. The van der Waals surface area contributed by atoms with Crippen molar-refractivity contribution in [1.29, 1.82) is 0 Å². The van der Waals surface area contributed by atoms with Gasteiger partial charge in [-0.05, 0) is 23.8 Å². The lowest BCUT2D eigenvalue weighted by molar-refractivity contribution is 0.494. The molecule has 3 nitrogen and oxygen atoms in total. The molecule has 0 aromatic heterocycles. The summed E-state index contributed by atoms with van der Waals surface area (Å²) in [4.78, 5) is 0. The van der Waals surface area contributed by atoms with Gasteiger partial charge >= 0.3 is 0 Å². The first-order valence-corrected chi connectivity index (χ1v) is 5.27. The second-order valence-electron chi connectivity index (χ2n) is 2.37. The van der Waals surface area contributed by atoms with E-state index in [0.29, 0.717) is 16.0 Å². The first kappa shape index (κ1) is 10.2. The van der Waals surface area contributed by atoms with Gasteiger partial charge in [0.25, 0.3) is 10.1 Å². The average molecular weight is 219 g/mol. The van der Waals surface area contributed by atoms with Gasteiger partial charge in [0.1, 0.15) is 0 Å². The fourth-order valence-electron chi connectivity index (χ4n) is 0.775. The molecule has 0 heterocycles. The summed E-state index contributed by atoms with van der Waals surface area (Å²) in [6.07, 6.45) is 1.27. The topological polar surface area (TPSA) is 54.4 Å². The van der Waals surface area contributed by atoms with Gasteiger partial charge in [-0.25, -0.2) is 0 Å². The van der Waals surface area contributed by atoms with Crippen LogP contribution in [-0.4, -0.2) is 13.0 Å². The predicted molar refractivity (Wildman–Crippen MR) is 52.0 cm³/mol. The van der Waals surface area contributed by atoms with E-state index in [4.69, 9.17) is 16.2 Å². The van der Waals surface area contributed by atoms with Crippen LogP contribution < -0.4 is 0 Å². The highest BCUT2D eigenvalue weighted by molar-refractivity contribution is 7.88. The Morgan fingerprint density at radius 2 is 2.08 bits per heavy atom. The van der Waals surface area contributed by atoms with Crippen molar-refractivity contribution in [2.45, 2.75) is 0 Å². The minimum atomic E-state index is -4.06. The number of hydrogen-bond donors (Lipinski definition) is 1. The third-order valence-electron chi connectivity index (χ3n) is 1.28. The van der Waals surface area contributed by atoms with E-state index >= 15 is 0 Å². The molecule has 0 radical (unpaired) electrons. The average Bonchev–Trinajstić information content (AvgIpc) is 2.00. The highest BCUT2D eigenvalue weighted by Crippen LogP contribution is 2.12. The van der Waals surface area contributed by atoms with Crippen LogP contribution in [0.1, 0.15) is 5.56 Å². The molecule has 70 valence electrons. The Hall–Kier alpha value is -0.840. The first-order chi connectivity index (χ1) is 5.97. The summed E-state index contributed by atoms with van der Waals surface area (Å²) in [5.41, 5.74) is 0.616. The quantitative estimate of drug-likeness (QED) is 0.775. The van der Waals surface area contributed by atoms with E-state index in [2.05, 4.69) is 0 Å². The smallest absolute Gasteiger partial charge is 0.282 e. The van der Waals surface area contributed by atoms with Crippen molar-refractivity contribution in [3.8, 4) is 0 Å². The van der Waals surface area contributed by atoms with E-state index < -0.39 is 10.1 Å². The van der Waals surface area contributed by atoms with E-state index in [9.17, 15) is 8.42 Å². The molecule has 0 aliphatic heterocycles. The van der Waals surface area contributed by atoms with Crippen LogP contribution in [0, 0.1) is 0 Å². The van der Waals surface area contributed by atoms with E-state index in [0.717, 1.165) is 0 Å². The fourth-order valence-corrected chi connectivity index (χ4v) is 1.30. The number of rotatable bonds is 2. The summed E-state index contributed by atoms with van der Waals surface area (Å²) in [5, 5.41) is 1.22. The monoisotopic (exact) mass is 218 g/mol. The lowest BCUT2D eigenvalue weighted by Gasteiger charge is -1.92. The molecule has 1 rings (SSSR count). The van der Waals surface area contributed by atoms with Gasteiger partial charge in [0.15, 0.2) is 0 Å². The second kappa shape index (κ2) is 3.91. The van der Waals surface area contributed by atoms with Crippen molar-refractivity contribution in [1.82, 2.24) is 0 Å². The van der Waals surface area contributed by atoms with Gasteiger partial charge in [-0.1, -0.05) is 23.7 Å². The van der Waals surface area contributed by atoms with Crippen LogP contribution in [0.5, 0.6) is 0 Å². The van der Waals surface area contributed by atoms with Crippen molar-refractivity contribution < 1.29 is 13.0 Å². The van der Waals surface area contributed by atoms with Gasteiger partial charge in [0.05, 0.1) is 5.41 Å². The Labute approximate surface area is 81.4 Å². The Morgan fingerprint density at radius 1 is 1.38 bits per heavy atom. The molecular weight excluding hydrogens is 212 g/mol. The first-order valence-electron chi connectivity index (χ1n) is 3.38. The zero-order chi connectivity index (χ0) is 9.90. The van der Waals surface area contributed by atoms with Gasteiger partial charge < -0.3 is 0 Å². The van der Waals surface area contributed by atoms with Gasteiger partial charge in [0, 0.05) is 5.02 Å². The summed E-state index contributed by atoms with van der Waals surface area (Å²) in [7, 11) is -4.06. The predicted octanol–water partition coefficient (Wildman–Crippen LogP) is 2.20. The molecule has 0 saturated heterocycles. The second-order valence-corrected chi connectivity index (χ2v) is 4.11. The standard InChI is InChI=1S/C8H7ClO3S/c9-8-3-1-2-7(6-8)4-5-13(10,11)12/h1-6H,(H,10,11,12)/b5-4+. The lowest BCUT2D eigenvalue weighted by Crippen LogP contribution is -1.88.